The average Bonchev–Trinajstić information content (AvgIpc) is 2.68. The predicted molar refractivity (Wildman–Crippen MR) is 132 cm³/mol. The summed E-state index contributed by atoms with van der Waals surface area (Å²) in [5, 5.41) is -1.12. The molecule has 0 saturated carbocycles. The fourth-order valence-electron chi connectivity index (χ4n) is 2.30. The van der Waals surface area contributed by atoms with Gasteiger partial charge in [0.25, 0.3) is 0 Å². The summed E-state index contributed by atoms with van der Waals surface area (Å²) in [7, 11) is 0. The molecule has 2 atom stereocenters. The molecule has 0 aliphatic carbocycles. The Kier molecular flexibility index (Phi) is 14.4. The lowest BCUT2D eigenvalue weighted by molar-refractivity contribution is -0.107. The zero-order valence-electron chi connectivity index (χ0n) is 17.2. The monoisotopic (exact) mass is 472 g/mol. The Bertz CT molecular complexity index is 624. The zero-order valence-corrected chi connectivity index (χ0v) is 20.5. The van der Waals surface area contributed by atoms with Gasteiger partial charge in [-0.1, -0.05) is 86.2 Å². The molecule has 0 N–H and O–H groups in total. The molecule has 8 heteroatoms. The maximum atomic E-state index is 12.1. The van der Waals surface area contributed by atoms with Crippen LogP contribution in [0.3, 0.4) is 0 Å². The van der Waals surface area contributed by atoms with Gasteiger partial charge in [0.15, 0.2) is 0 Å². The van der Waals surface area contributed by atoms with Gasteiger partial charge in [-0.2, -0.15) is 0 Å². The van der Waals surface area contributed by atoms with Crippen molar-refractivity contribution in [2.75, 3.05) is 11.5 Å². The van der Waals surface area contributed by atoms with E-state index in [0.717, 1.165) is 47.0 Å². The molecular formula is C21H28O4S4. The summed E-state index contributed by atoms with van der Waals surface area (Å²) in [5.41, 5.74) is -0.656. The third kappa shape index (κ3) is 10.1. The van der Waals surface area contributed by atoms with Crippen LogP contribution in [-0.2, 0) is 19.2 Å². The van der Waals surface area contributed by atoms with Crippen molar-refractivity contribution < 1.29 is 19.2 Å². The fourth-order valence-corrected chi connectivity index (χ4v) is 7.53. The van der Waals surface area contributed by atoms with Gasteiger partial charge in [-0.05, 0) is 38.2 Å². The second kappa shape index (κ2) is 14.9. The zero-order chi connectivity index (χ0) is 22.4. The van der Waals surface area contributed by atoms with Crippen molar-refractivity contribution in [2.24, 2.45) is 5.41 Å². The third-order valence-corrected chi connectivity index (χ3v) is 8.76. The van der Waals surface area contributed by atoms with Crippen molar-refractivity contribution in [1.29, 1.82) is 0 Å². The van der Waals surface area contributed by atoms with E-state index in [1.54, 1.807) is 26.0 Å². The van der Waals surface area contributed by atoms with Crippen LogP contribution in [0.25, 0.3) is 0 Å². The van der Waals surface area contributed by atoms with Gasteiger partial charge in [-0.15, -0.1) is 0 Å². The Morgan fingerprint density at radius 1 is 0.759 bits per heavy atom. The van der Waals surface area contributed by atoms with Crippen molar-refractivity contribution >= 4 is 67.5 Å². The van der Waals surface area contributed by atoms with Crippen molar-refractivity contribution in [2.45, 2.75) is 38.2 Å². The highest BCUT2D eigenvalue weighted by molar-refractivity contribution is 8.16. The standard InChI is InChI=1S/C21H28O4S4/c1-7-11-19(24)26-13-21(14-27-20(25)12-8-2,15(5)28-17(22)9-3)16(6)29-18(23)10-4/h7-12,15-16H,3-4,13-14H2,1-2,5-6H3. The largest absolute Gasteiger partial charge is 0.282 e. The van der Waals surface area contributed by atoms with Crippen LogP contribution in [0.5, 0.6) is 0 Å². The number of thioether (sulfide) groups is 4. The molecule has 0 bridgehead atoms. The minimum Gasteiger partial charge on any atom is -0.282 e. The van der Waals surface area contributed by atoms with Crippen LogP contribution < -0.4 is 0 Å². The SMILES string of the molecule is C=CC(=O)SC(C)C(CSC(=O)C=CC)(CSC(=O)C=CC)C(C)SC(=O)C=C. The highest BCUT2D eigenvalue weighted by Crippen LogP contribution is 2.46. The number of hydrogen-bond donors (Lipinski definition) is 0. The molecule has 0 aliphatic rings. The lowest BCUT2D eigenvalue weighted by Gasteiger charge is -2.42. The van der Waals surface area contributed by atoms with Crippen molar-refractivity contribution in [3.8, 4) is 0 Å². The Morgan fingerprint density at radius 3 is 1.38 bits per heavy atom. The summed E-state index contributed by atoms with van der Waals surface area (Å²) in [4.78, 5) is 48.4. The first-order chi connectivity index (χ1) is 13.7. The van der Waals surface area contributed by atoms with Gasteiger partial charge in [0.05, 0.1) is 0 Å². The number of carbonyl (C=O) groups is 4. The molecule has 0 saturated heterocycles. The first-order valence-corrected chi connectivity index (χ1v) is 12.6. The van der Waals surface area contributed by atoms with Crippen LogP contribution >= 0.6 is 47.0 Å². The number of allylic oxidation sites excluding steroid dienone is 2. The van der Waals surface area contributed by atoms with E-state index >= 15 is 0 Å². The molecule has 160 valence electrons. The molecule has 0 aromatic carbocycles. The summed E-state index contributed by atoms with van der Waals surface area (Å²) in [5.74, 6) is 0.729. The van der Waals surface area contributed by atoms with Gasteiger partial charge in [-0.25, -0.2) is 0 Å². The molecule has 0 fully saturated rings. The summed E-state index contributed by atoms with van der Waals surface area (Å²) >= 11 is 4.47. The number of hydrogen-bond acceptors (Lipinski definition) is 8. The van der Waals surface area contributed by atoms with Gasteiger partial charge in [0, 0.05) is 27.4 Å². The minimum absolute atomic E-state index is 0.110. The Morgan fingerprint density at radius 2 is 1.10 bits per heavy atom. The van der Waals surface area contributed by atoms with E-state index < -0.39 is 5.41 Å². The smallest absolute Gasteiger partial charge is 0.211 e. The van der Waals surface area contributed by atoms with Gasteiger partial charge in [0.1, 0.15) is 0 Å². The lowest BCUT2D eigenvalue weighted by atomic mass is 9.85. The fraction of sp³-hybridized carbons (Fsp3) is 0.429. The first-order valence-electron chi connectivity index (χ1n) is 8.91. The highest BCUT2D eigenvalue weighted by atomic mass is 32.2. The van der Waals surface area contributed by atoms with E-state index in [1.807, 2.05) is 13.8 Å². The summed E-state index contributed by atoms with van der Waals surface area (Å²) < 4.78 is 0. The van der Waals surface area contributed by atoms with Crippen LogP contribution in [-0.4, -0.2) is 42.5 Å². The van der Waals surface area contributed by atoms with Gasteiger partial charge in [0.2, 0.25) is 20.5 Å². The van der Waals surface area contributed by atoms with Crippen LogP contribution in [0.15, 0.2) is 49.6 Å². The van der Waals surface area contributed by atoms with Crippen LogP contribution in [0, 0.1) is 5.41 Å². The molecule has 4 nitrogen and oxygen atoms in total. The maximum Gasteiger partial charge on any atom is 0.211 e. The van der Waals surface area contributed by atoms with Crippen LogP contribution in [0.4, 0.5) is 0 Å². The lowest BCUT2D eigenvalue weighted by Crippen LogP contribution is -2.45. The average molecular weight is 473 g/mol. The Labute approximate surface area is 190 Å². The van der Waals surface area contributed by atoms with E-state index in [2.05, 4.69) is 13.2 Å². The molecule has 0 amide bonds. The maximum absolute atomic E-state index is 12.1. The van der Waals surface area contributed by atoms with Crippen molar-refractivity contribution in [3.63, 3.8) is 0 Å². The van der Waals surface area contributed by atoms with E-state index in [9.17, 15) is 19.2 Å². The van der Waals surface area contributed by atoms with Crippen LogP contribution in [0.1, 0.15) is 27.7 Å². The molecule has 0 radical (unpaired) electrons. The normalized spacial score (nSPS) is 15.6. The van der Waals surface area contributed by atoms with Crippen LogP contribution in [0.2, 0.25) is 0 Å². The van der Waals surface area contributed by atoms with Crippen molar-refractivity contribution in [1.82, 2.24) is 0 Å². The molecule has 0 aliphatic heterocycles. The molecule has 0 aromatic heterocycles. The number of carbonyl (C=O) groups excluding carboxylic acids is 4. The number of rotatable bonds is 12. The third-order valence-electron chi connectivity index (χ3n) is 4.11. The molecule has 0 rings (SSSR count). The van der Waals surface area contributed by atoms with E-state index in [0.29, 0.717) is 11.5 Å². The van der Waals surface area contributed by atoms with E-state index in [-0.39, 0.29) is 31.0 Å². The summed E-state index contributed by atoms with van der Waals surface area (Å²) in [6.07, 6.45) is 8.78. The molecule has 29 heavy (non-hydrogen) atoms. The second-order valence-electron chi connectivity index (χ2n) is 6.02. The first kappa shape index (κ1) is 28.0. The van der Waals surface area contributed by atoms with E-state index in [4.69, 9.17) is 0 Å². The summed E-state index contributed by atoms with van der Waals surface area (Å²) in [6.45, 7) is 14.3. The molecular weight excluding hydrogens is 444 g/mol. The predicted octanol–water partition coefficient (Wildman–Crippen LogP) is 5.31. The van der Waals surface area contributed by atoms with Gasteiger partial charge in [-0.3, -0.25) is 19.2 Å². The Hall–Kier alpha value is -0.960. The van der Waals surface area contributed by atoms with Crippen molar-refractivity contribution in [3.05, 3.63) is 49.6 Å². The topological polar surface area (TPSA) is 68.3 Å². The Balaban J connectivity index is 6.02. The second-order valence-corrected chi connectivity index (χ2v) is 10.7. The molecule has 0 spiro atoms. The van der Waals surface area contributed by atoms with Gasteiger partial charge < -0.3 is 0 Å². The van der Waals surface area contributed by atoms with Gasteiger partial charge >= 0.3 is 0 Å². The quantitative estimate of drug-likeness (QED) is 0.354. The molecule has 0 heterocycles. The molecule has 0 aromatic rings. The highest BCUT2D eigenvalue weighted by Gasteiger charge is 2.44. The minimum atomic E-state index is -0.656. The van der Waals surface area contributed by atoms with E-state index in [1.165, 1.54) is 24.3 Å². The summed E-state index contributed by atoms with van der Waals surface area (Å²) in [6, 6.07) is 0. The molecule has 2 unspecified atom stereocenters.